The zero-order valence-electron chi connectivity index (χ0n) is 11.1. The number of benzene rings is 2. The molecule has 0 fully saturated rings. The fourth-order valence-corrected chi connectivity index (χ4v) is 3.77. The van der Waals surface area contributed by atoms with Gasteiger partial charge >= 0.3 is 0 Å². The van der Waals surface area contributed by atoms with Crippen LogP contribution in [0.4, 0.5) is 4.39 Å². The number of hydrogen-bond acceptors (Lipinski definition) is 3. The van der Waals surface area contributed by atoms with Crippen molar-refractivity contribution in [2.75, 3.05) is 0 Å². The van der Waals surface area contributed by atoms with Crippen molar-refractivity contribution in [3.05, 3.63) is 63.2 Å². The first-order chi connectivity index (χ1) is 10.2. The minimum atomic E-state index is -0.294. The van der Waals surface area contributed by atoms with E-state index in [1.807, 2.05) is 12.1 Å². The molecule has 0 spiro atoms. The SMILES string of the molecule is NCc1sc2ccccc2c1COc1ccc(F)cc1Br. The number of rotatable bonds is 4. The van der Waals surface area contributed by atoms with Crippen LogP contribution in [0.2, 0.25) is 0 Å². The van der Waals surface area contributed by atoms with Crippen molar-refractivity contribution >= 4 is 37.4 Å². The molecule has 0 saturated heterocycles. The van der Waals surface area contributed by atoms with Gasteiger partial charge in [0.25, 0.3) is 0 Å². The first-order valence-electron chi connectivity index (χ1n) is 6.46. The van der Waals surface area contributed by atoms with Crippen molar-refractivity contribution in [3.63, 3.8) is 0 Å². The first kappa shape index (κ1) is 14.5. The largest absolute Gasteiger partial charge is 0.488 e. The van der Waals surface area contributed by atoms with Crippen LogP contribution in [0, 0.1) is 5.82 Å². The molecule has 3 aromatic rings. The quantitative estimate of drug-likeness (QED) is 0.717. The third-order valence-electron chi connectivity index (χ3n) is 3.23. The molecule has 0 atom stereocenters. The van der Waals surface area contributed by atoms with Gasteiger partial charge in [-0.2, -0.15) is 0 Å². The average molecular weight is 366 g/mol. The third-order valence-corrected chi connectivity index (χ3v) is 5.09. The summed E-state index contributed by atoms with van der Waals surface area (Å²) in [5.41, 5.74) is 6.94. The van der Waals surface area contributed by atoms with Crippen molar-refractivity contribution < 1.29 is 9.13 Å². The molecule has 0 aliphatic carbocycles. The highest BCUT2D eigenvalue weighted by atomic mass is 79.9. The zero-order valence-corrected chi connectivity index (χ0v) is 13.5. The lowest BCUT2D eigenvalue weighted by Crippen LogP contribution is -2.02. The van der Waals surface area contributed by atoms with Gasteiger partial charge in [-0.15, -0.1) is 11.3 Å². The molecule has 108 valence electrons. The van der Waals surface area contributed by atoms with Crippen LogP contribution in [0.5, 0.6) is 5.75 Å². The van der Waals surface area contributed by atoms with Crippen LogP contribution in [0.25, 0.3) is 10.1 Å². The fourth-order valence-electron chi connectivity index (χ4n) is 2.21. The zero-order chi connectivity index (χ0) is 14.8. The Morgan fingerprint density at radius 1 is 1.19 bits per heavy atom. The van der Waals surface area contributed by atoms with E-state index in [1.165, 1.54) is 22.2 Å². The van der Waals surface area contributed by atoms with Gasteiger partial charge in [0.15, 0.2) is 0 Å². The second-order valence-electron chi connectivity index (χ2n) is 4.57. The number of halogens is 2. The number of hydrogen-bond donors (Lipinski definition) is 1. The van der Waals surface area contributed by atoms with Crippen LogP contribution in [0.15, 0.2) is 46.9 Å². The van der Waals surface area contributed by atoms with E-state index >= 15 is 0 Å². The molecule has 0 aliphatic heterocycles. The van der Waals surface area contributed by atoms with Crippen molar-refractivity contribution in [2.24, 2.45) is 5.73 Å². The van der Waals surface area contributed by atoms with Gasteiger partial charge in [-0.1, -0.05) is 18.2 Å². The highest BCUT2D eigenvalue weighted by molar-refractivity contribution is 9.10. The van der Waals surface area contributed by atoms with E-state index in [0.29, 0.717) is 23.4 Å². The summed E-state index contributed by atoms with van der Waals surface area (Å²) in [5.74, 6) is 0.326. The molecule has 0 bridgehead atoms. The summed E-state index contributed by atoms with van der Waals surface area (Å²) in [6, 6.07) is 12.6. The second kappa shape index (κ2) is 6.13. The minimum Gasteiger partial charge on any atom is -0.488 e. The minimum absolute atomic E-state index is 0.294. The Balaban J connectivity index is 1.91. The van der Waals surface area contributed by atoms with Gasteiger partial charge in [0.2, 0.25) is 0 Å². The lowest BCUT2D eigenvalue weighted by atomic mass is 10.1. The molecule has 0 radical (unpaired) electrons. The van der Waals surface area contributed by atoms with Crippen molar-refractivity contribution in [1.29, 1.82) is 0 Å². The molecule has 21 heavy (non-hydrogen) atoms. The Kier molecular flexibility index (Phi) is 4.24. The predicted molar refractivity (Wildman–Crippen MR) is 88.1 cm³/mol. The summed E-state index contributed by atoms with van der Waals surface area (Å²) in [5, 5.41) is 1.17. The molecule has 0 aliphatic rings. The molecule has 2 N–H and O–H groups in total. The van der Waals surface area contributed by atoms with Crippen molar-refractivity contribution in [2.45, 2.75) is 13.2 Å². The predicted octanol–water partition coefficient (Wildman–Crippen LogP) is 4.84. The van der Waals surface area contributed by atoms with Crippen LogP contribution in [-0.4, -0.2) is 0 Å². The fraction of sp³-hybridized carbons (Fsp3) is 0.125. The number of nitrogens with two attached hydrogens (primary N) is 1. The number of ether oxygens (including phenoxy) is 1. The van der Waals surface area contributed by atoms with E-state index in [2.05, 4.69) is 28.1 Å². The first-order valence-corrected chi connectivity index (χ1v) is 8.07. The van der Waals surface area contributed by atoms with Gasteiger partial charge in [0.05, 0.1) is 4.47 Å². The monoisotopic (exact) mass is 365 g/mol. The van der Waals surface area contributed by atoms with Gasteiger partial charge in [0.1, 0.15) is 18.2 Å². The lowest BCUT2D eigenvalue weighted by Gasteiger charge is -2.09. The Morgan fingerprint density at radius 2 is 2.00 bits per heavy atom. The van der Waals surface area contributed by atoms with E-state index in [-0.39, 0.29) is 5.82 Å². The van der Waals surface area contributed by atoms with E-state index in [0.717, 1.165) is 10.4 Å². The van der Waals surface area contributed by atoms with Crippen LogP contribution in [0.3, 0.4) is 0 Å². The normalized spacial score (nSPS) is 11.0. The third kappa shape index (κ3) is 2.95. The van der Waals surface area contributed by atoms with Gasteiger partial charge in [-0.05, 0) is 45.6 Å². The van der Waals surface area contributed by atoms with Crippen molar-refractivity contribution in [1.82, 2.24) is 0 Å². The maximum atomic E-state index is 13.1. The maximum absolute atomic E-state index is 13.1. The van der Waals surface area contributed by atoms with Crippen LogP contribution in [-0.2, 0) is 13.2 Å². The summed E-state index contributed by atoms with van der Waals surface area (Å²) < 4.78 is 20.7. The van der Waals surface area contributed by atoms with Crippen LogP contribution in [0.1, 0.15) is 10.4 Å². The Morgan fingerprint density at radius 3 is 2.76 bits per heavy atom. The average Bonchev–Trinajstić information content (AvgIpc) is 2.84. The van der Waals surface area contributed by atoms with Gasteiger partial charge in [-0.25, -0.2) is 4.39 Å². The van der Waals surface area contributed by atoms with Gasteiger partial charge < -0.3 is 10.5 Å². The molecular formula is C16H13BrFNOS. The van der Waals surface area contributed by atoms with Crippen molar-refractivity contribution in [3.8, 4) is 5.75 Å². The molecule has 5 heteroatoms. The molecule has 0 unspecified atom stereocenters. The smallest absolute Gasteiger partial charge is 0.134 e. The summed E-state index contributed by atoms with van der Waals surface area (Å²) >= 11 is 5.00. The molecule has 0 amide bonds. The highest BCUT2D eigenvalue weighted by Crippen LogP contribution is 2.33. The summed E-state index contributed by atoms with van der Waals surface area (Å²) in [7, 11) is 0. The molecule has 2 aromatic carbocycles. The topological polar surface area (TPSA) is 35.2 Å². The van der Waals surface area contributed by atoms with E-state index in [9.17, 15) is 4.39 Å². The van der Waals surface area contributed by atoms with Crippen LogP contribution >= 0.6 is 27.3 Å². The van der Waals surface area contributed by atoms with Gasteiger partial charge in [0, 0.05) is 21.7 Å². The van der Waals surface area contributed by atoms with E-state index < -0.39 is 0 Å². The summed E-state index contributed by atoms with van der Waals surface area (Å²) in [4.78, 5) is 1.12. The van der Waals surface area contributed by atoms with E-state index in [4.69, 9.17) is 10.5 Å². The molecule has 1 aromatic heterocycles. The Labute approximate surface area is 134 Å². The molecular weight excluding hydrogens is 353 g/mol. The maximum Gasteiger partial charge on any atom is 0.134 e. The standard InChI is InChI=1S/C16H13BrFNOS/c17-13-7-10(18)5-6-14(13)20-9-12-11-3-1-2-4-15(11)21-16(12)8-19/h1-7H,8-9,19H2. The van der Waals surface area contributed by atoms with Gasteiger partial charge in [-0.3, -0.25) is 0 Å². The summed E-state index contributed by atoms with van der Waals surface area (Å²) in [6.45, 7) is 0.906. The molecule has 3 rings (SSSR count). The molecule has 1 heterocycles. The lowest BCUT2D eigenvalue weighted by molar-refractivity contribution is 0.304. The Bertz CT molecular complexity index is 787. The van der Waals surface area contributed by atoms with Crippen LogP contribution < -0.4 is 10.5 Å². The second-order valence-corrected chi connectivity index (χ2v) is 6.56. The highest BCUT2D eigenvalue weighted by Gasteiger charge is 2.12. The number of thiophene rings is 1. The Hall–Kier alpha value is -1.43. The number of fused-ring (bicyclic) bond motifs is 1. The summed E-state index contributed by atoms with van der Waals surface area (Å²) in [6.07, 6.45) is 0. The molecule has 2 nitrogen and oxygen atoms in total. The molecule has 0 saturated carbocycles. The van der Waals surface area contributed by atoms with E-state index in [1.54, 1.807) is 17.4 Å².